The van der Waals surface area contributed by atoms with Crippen molar-refractivity contribution < 1.29 is 4.39 Å². The molecule has 1 aliphatic rings. The lowest BCUT2D eigenvalue weighted by molar-refractivity contribution is 0.603. The number of aliphatic imine (C=N–C) groups is 2. The molecule has 6 heteroatoms. The second-order valence-electron chi connectivity index (χ2n) is 5.67. The maximum atomic E-state index is 14.1. The molecule has 0 N–H and O–H groups in total. The zero-order valence-corrected chi connectivity index (χ0v) is 13.7. The summed E-state index contributed by atoms with van der Waals surface area (Å²) in [6, 6.07) is 16.4. The van der Waals surface area contributed by atoms with E-state index in [-0.39, 0.29) is 5.82 Å². The third-order valence-corrected chi connectivity index (χ3v) is 4.10. The highest BCUT2D eigenvalue weighted by molar-refractivity contribution is 6.16. The SMILES string of the molecule is CCc1c(C2=NC(c3ccccc3)=NC2)nnn1-c1ccccc1F. The maximum Gasteiger partial charge on any atom is 0.155 e. The fourth-order valence-corrected chi connectivity index (χ4v) is 2.88. The lowest BCUT2D eigenvalue weighted by Gasteiger charge is -2.06. The van der Waals surface area contributed by atoms with E-state index in [0.717, 1.165) is 17.0 Å². The number of amidine groups is 1. The van der Waals surface area contributed by atoms with E-state index < -0.39 is 0 Å². The van der Waals surface area contributed by atoms with Gasteiger partial charge in [-0.15, -0.1) is 5.10 Å². The standard InChI is InChI=1S/C19H16FN5/c1-2-16-18(23-24-25(16)17-11-7-6-10-14(17)20)15-12-21-19(22-15)13-8-4-3-5-9-13/h3-11H,2,12H2,1H3. The molecule has 2 heterocycles. The van der Waals surface area contributed by atoms with Crippen molar-refractivity contribution >= 4 is 11.5 Å². The summed E-state index contributed by atoms with van der Waals surface area (Å²) < 4.78 is 15.7. The van der Waals surface area contributed by atoms with Gasteiger partial charge in [0.2, 0.25) is 0 Å². The molecule has 4 rings (SSSR count). The summed E-state index contributed by atoms with van der Waals surface area (Å²) >= 11 is 0. The monoisotopic (exact) mass is 333 g/mol. The van der Waals surface area contributed by atoms with Crippen molar-refractivity contribution in [1.29, 1.82) is 0 Å². The molecule has 25 heavy (non-hydrogen) atoms. The first-order valence-corrected chi connectivity index (χ1v) is 8.15. The van der Waals surface area contributed by atoms with Gasteiger partial charge >= 0.3 is 0 Å². The van der Waals surface area contributed by atoms with Gasteiger partial charge in [0.1, 0.15) is 17.2 Å². The van der Waals surface area contributed by atoms with Crippen LogP contribution in [-0.4, -0.2) is 33.1 Å². The number of rotatable bonds is 4. The van der Waals surface area contributed by atoms with E-state index in [1.54, 1.807) is 22.9 Å². The van der Waals surface area contributed by atoms with E-state index in [2.05, 4.69) is 20.3 Å². The number of nitrogens with zero attached hydrogens (tertiary/aromatic N) is 5. The second-order valence-corrected chi connectivity index (χ2v) is 5.67. The molecule has 0 aliphatic carbocycles. The lowest BCUT2D eigenvalue weighted by Crippen LogP contribution is -2.09. The van der Waals surface area contributed by atoms with Gasteiger partial charge in [0.05, 0.1) is 18.0 Å². The van der Waals surface area contributed by atoms with Gasteiger partial charge in [0, 0.05) is 5.56 Å². The number of aromatic nitrogens is 3. The third-order valence-electron chi connectivity index (χ3n) is 4.10. The van der Waals surface area contributed by atoms with Crippen LogP contribution in [0, 0.1) is 5.82 Å². The van der Waals surface area contributed by atoms with Crippen LogP contribution in [0.25, 0.3) is 5.69 Å². The first kappa shape index (κ1) is 15.4. The van der Waals surface area contributed by atoms with Crippen molar-refractivity contribution in [3.63, 3.8) is 0 Å². The van der Waals surface area contributed by atoms with Crippen LogP contribution in [0.4, 0.5) is 4.39 Å². The minimum absolute atomic E-state index is 0.330. The predicted octanol–water partition coefficient (Wildman–Crippen LogP) is 3.22. The van der Waals surface area contributed by atoms with Crippen molar-refractivity contribution in [3.05, 3.63) is 77.4 Å². The Balaban J connectivity index is 1.72. The van der Waals surface area contributed by atoms with Crippen molar-refractivity contribution in [3.8, 4) is 5.69 Å². The predicted molar refractivity (Wildman–Crippen MR) is 95.1 cm³/mol. The van der Waals surface area contributed by atoms with E-state index >= 15 is 0 Å². The van der Waals surface area contributed by atoms with Crippen molar-refractivity contribution in [2.24, 2.45) is 9.98 Å². The minimum Gasteiger partial charge on any atom is -0.260 e. The number of halogens is 1. The zero-order chi connectivity index (χ0) is 17.2. The number of hydrogen-bond acceptors (Lipinski definition) is 4. The summed E-state index contributed by atoms with van der Waals surface area (Å²) in [5, 5.41) is 8.41. The van der Waals surface area contributed by atoms with Gasteiger partial charge < -0.3 is 0 Å². The molecule has 0 bridgehead atoms. The zero-order valence-electron chi connectivity index (χ0n) is 13.7. The van der Waals surface area contributed by atoms with Crippen LogP contribution in [-0.2, 0) is 6.42 Å². The fourth-order valence-electron chi connectivity index (χ4n) is 2.88. The summed E-state index contributed by atoms with van der Waals surface area (Å²) in [7, 11) is 0. The Morgan fingerprint density at radius 2 is 1.80 bits per heavy atom. The van der Waals surface area contributed by atoms with Crippen LogP contribution in [0.2, 0.25) is 0 Å². The highest BCUT2D eigenvalue weighted by atomic mass is 19.1. The van der Waals surface area contributed by atoms with Crippen molar-refractivity contribution in [1.82, 2.24) is 15.0 Å². The van der Waals surface area contributed by atoms with Gasteiger partial charge in [-0.05, 0) is 18.6 Å². The molecular formula is C19H16FN5. The molecule has 2 aromatic carbocycles. The molecule has 0 saturated heterocycles. The molecule has 0 atom stereocenters. The smallest absolute Gasteiger partial charge is 0.155 e. The van der Waals surface area contributed by atoms with E-state index in [0.29, 0.717) is 30.2 Å². The van der Waals surface area contributed by atoms with Crippen LogP contribution >= 0.6 is 0 Å². The fraction of sp³-hybridized carbons (Fsp3) is 0.158. The van der Waals surface area contributed by atoms with E-state index in [4.69, 9.17) is 0 Å². The molecular weight excluding hydrogens is 317 g/mol. The number of benzene rings is 2. The highest BCUT2D eigenvalue weighted by Crippen LogP contribution is 2.19. The molecule has 0 fully saturated rings. The summed E-state index contributed by atoms with van der Waals surface area (Å²) in [5.41, 5.74) is 3.63. The van der Waals surface area contributed by atoms with E-state index in [1.165, 1.54) is 6.07 Å². The first-order valence-electron chi connectivity index (χ1n) is 8.15. The third kappa shape index (κ3) is 2.76. The van der Waals surface area contributed by atoms with Crippen molar-refractivity contribution in [2.45, 2.75) is 13.3 Å². The second kappa shape index (κ2) is 6.39. The number of para-hydroxylation sites is 1. The van der Waals surface area contributed by atoms with Gasteiger partial charge in [0.25, 0.3) is 0 Å². The largest absolute Gasteiger partial charge is 0.260 e. The van der Waals surface area contributed by atoms with Crippen LogP contribution in [0.5, 0.6) is 0 Å². The van der Waals surface area contributed by atoms with Gasteiger partial charge in [-0.1, -0.05) is 54.6 Å². The normalized spacial score (nSPS) is 13.7. The molecule has 1 aliphatic heterocycles. The molecule has 3 aromatic rings. The Bertz CT molecular complexity index is 972. The summed E-state index contributed by atoms with van der Waals surface area (Å²) in [5.74, 6) is 0.362. The number of hydrogen-bond donors (Lipinski definition) is 0. The Hall–Kier alpha value is -3.15. The van der Waals surface area contributed by atoms with Crippen LogP contribution in [0.3, 0.4) is 0 Å². The van der Waals surface area contributed by atoms with E-state index in [9.17, 15) is 4.39 Å². The van der Waals surface area contributed by atoms with Gasteiger partial charge in [-0.3, -0.25) is 4.99 Å². The minimum atomic E-state index is -0.330. The molecule has 0 amide bonds. The van der Waals surface area contributed by atoms with E-state index in [1.807, 2.05) is 37.3 Å². The molecule has 0 radical (unpaired) electrons. The molecule has 0 saturated carbocycles. The van der Waals surface area contributed by atoms with Crippen molar-refractivity contribution in [2.75, 3.05) is 6.54 Å². The van der Waals surface area contributed by atoms with Gasteiger partial charge in [0.15, 0.2) is 5.84 Å². The van der Waals surface area contributed by atoms with Crippen LogP contribution in [0.15, 0.2) is 64.6 Å². The summed E-state index contributed by atoms with van der Waals surface area (Å²) in [6.45, 7) is 2.45. The first-order chi connectivity index (χ1) is 12.3. The molecule has 124 valence electrons. The average Bonchev–Trinajstić information content (AvgIpc) is 3.29. The molecule has 0 unspecified atom stereocenters. The molecule has 1 aromatic heterocycles. The maximum absolute atomic E-state index is 14.1. The highest BCUT2D eigenvalue weighted by Gasteiger charge is 2.22. The van der Waals surface area contributed by atoms with Crippen LogP contribution < -0.4 is 0 Å². The molecule has 0 spiro atoms. The topological polar surface area (TPSA) is 55.4 Å². The Labute approximate surface area is 144 Å². The lowest BCUT2D eigenvalue weighted by atomic mass is 10.1. The Kier molecular flexibility index (Phi) is 3.93. The van der Waals surface area contributed by atoms with Gasteiger partial charge in [-0.2, -0.15) is 0 Å². The quantitative estimate of drug-likeness (QED) is 0.736. The summed E-state index contributed by atoms with van der Waals surface area (Å²) in [6.07, 6.45) is 0.663. The van der Waals surface area contributed by atoms with Crippen LogP contribution in [0.1, 0.15) is 23.9 Å². The average molecular weight is 333 g/mol. The van der Waals surface area contributed by atoms with Gasteiger partial charge in [-0.25, -0.2) is 14.1 Å². The Morgan fingerprint density at radius 3 is 2.56 bits per heavy atom. The Morgan fingerprint density at radius 1 is 1.04 bits per heavy atom. The molecule has 5 nitrogen and oxygen atoms in total. The summed E-state index contributed by atoms with van der Waals surface area (Å²) in [4.78, 5) is 9.12.